The Kier molecular flexibility index (Phi) is 4.68. The van der Waals surface area contributed by atoms with Crippen LogP contribution in [-0.2, 0) is 14.3 Å². The second-order valence-electron chi connectivity index (χ2n) is 4.30. The normalized spacial score (nSPS) is 24.8. The summed E-state index contributed by atoms with van der Waals surface area (Å²) in [5.74, 6) is 0.255. The van der Waals surface area contributed by atoms with Crippen LogP contribution in [-0.4, -0.2) is 36.0 Å². The van der Waals surface area contributed by atoms with Crippen LogP contribution in [0.1, 0.15) is 26.7 Å². The summed E-state index contributed by atoms with van der Waals surface area (Å²) in [6, 6.07) is 0.00696. The lowest BCUT2D eigenvalue weighted by atomic mass is 10.0. The van der Waals surface area contributed by atoms with Gasteiger partial charge in [-0.15, -0.1) is 6.58 Å². The van der Waals surface area contributed by atoms with Crippen LogP contribution in [0.5, 0.6) is 0 Å². The number of carbonyl (C=O) groups excluding carboxylic acids is 2. The maximum Gasteiger partial charge on any atom is 0.225 e. The summed E-state index contributed by atoms with van der Waals surface area (Å²) < 4.78 is 5.30. The van der Waals surface area contributed by atoms with Gasteiger partial charge in [0.15, 0.2) is 12.5 Å². The highest BCUT2D eigenvalue weighted by Gasteiger charge is 2.38. The van der Waals surface area contributed by atoms with Crippen LogP contribution in [0.2, 0.25) is 0 Å². The number of nitrogens with zero attached hydrogens (tertiary/aromatic N) is 1. The predicted molar refractivity (Wildman–Crippen MR) is 60.7 cm³/mol. The summed E-state index contributed by atoms with van der Waals surface area (Å²) in [5, 5.41) is 0. The van der Waals surface area contributed by atoms with E-state index in [9.17, 15) is 9.59 Å². The molecule has 1 amide bonds. The van der Waals surface area contributed by atoms with Gasteiger partial charge in [-0.05, 0) is 12.3 Å². The molecule has 4 heteroatoms. The Labute approximate surface area is 96.3 Å². The molecule has 0 aliphatic carbocycles. The number of rotatable bonds is 5. The summed E-state index contributed by atoms with van der Waals surface area (Å²) in [7, 11) is 0. The zero-order valence-electron chi connectivity index (χ0n) is 9.89. The fraction of sp³-hybridized carbons (Fsp3) is 0.667. The molecule has 2 atom stereocenters. The van der Waals surface area contributed by atoms with Gasteiger partial charge in [-0.3, -0.25) is 9.59 Å². The molecule has 0 aromatic rings. The van der Waals surface area contributed by atoms with E-state index in [0.717, 1.165) is 0 Å². The van der Waals surface area contributed by atoms with E-state index in [1.807, 2.05) is 13.8 Å². The molecule has 90 valence electrons. The quantitative estimate of drug-likeness (QED) is 0.524. The average molecular weight is 225 g/mol. The van der Waals surface area contributed by atoms with Gasteiger partial charge in [-0.1, -0.05) is 19.9 Å². The number of hydrogen-bond acceptors (Lipinski definition) is 3. The number of carbonyl (C=O) groups is 2. The van der Waals surface area contributed by atoms with Crippen molar-refractivity contribution in [1.82, 2.24) is 4.90 Å². The van der Waals surface area contributed by atoms with E-state index < -0.39 is 6.23 Å². The second-order valence-corrected chi connectivity index (χ2v) is 4.30. The van der Waals surface area contributed by atoms with Gasteiger partial charge in [0.25, 0.3) is 0 Å². The van der Waals surface area contributed by atoms with Crippen LogP contribution in [0.15, 0.2) is 12.7 Å². The zero-order chi connectivity index (χ0) is 12.1. The molecule has 1 aliphatic rings. The van der Waals surface area contributed by atoms with Gasteiger partial charge in [0, 0.05) is 6.42 Å². The molecule has 0 spiro atoms. The first kappa shape index (κ1) is 12.9. The van der Waals surface area contributed by atoms with Gasteiger partial charge in [0.1, 0.15) is 0 Å². The van der Waals surface area contributed by atoms with E-state index in [-0.39, 0.29) is 17.9 Å². The number of hydrogen-bond donors (Lipinski definition) is 0. The Balaban J connectivity index is 2.72. The number of allylic oxidation sites excluding steroid dienone is 1. The minimum Gasteiger partial charge on any atom is -0.349 e. The summed E-state index contributed by atoms with van der Waals surface area (Å²) in [4.78, 5) is 24.3. The number of aldehydes is 1. The Bertz CT molecular complexity index is 275. The monoisotopic (exact) mass is 225 g/mol. The van der Waals surface area contributed by atoms with Gasteiger partial charge < -0.3 is 9.64 Å². The van der Waals surface area contributed by atoms with Crippen molar-refractivity contribution in [2.45, 2.75) is 39.0 Å². The Morgan fingerprint density at radius 1 is 1.62 bits per heavy atom. The van der Waals surface area contributed by atoms with Crippen molar-refractivity contribution in [2.75, 3.05) is 6.61 Å². The summed E-state index contributed by atoms with van der Waals surface area (Å²) in [5.41, 5.74) is 0. The molecule has 16 heavy (non-hydrogen) atoms. The maximum absolute atomic E-state index is 11.9. The van der Waals surface area contributed by atoms with Crippen LogP contribution in [0.25, 0.3) is 0 Å². The van der Waals surface area contributed by atoms with Crippen molar-refractivity contribution in [1.29, 1.82) is 0 Å². The standard InChI is InChI=1S/C12H19NO3/c1-4-5-6-11(15)13-10(9(2)3)8-16-12(13)7-14/h4,7,9-10,12H,1,5-6,8H2,2-3H3/t10-,12?/m1/s1. The molecule has 4 nitrogen and oxygen atoms in total. The van der Waals surface area contributed by atoms with Crippen LogP contribution < -0.4 is 0 Å². The molecule has 0 bridgehead atoms. The lowest BCUT2D eigenvalue weighted by Gasteiger charge is -2.28. The van der Waals surface area contributed by atoms with Crippen molar-refractivity contribution < 1.29 is 14.3 Å². The van der Waals surface area contributed by atoms with Gasteiger partial charge in [0.2, 0.25) is 5.91 Å². The smallest absolute Gasteiger partial charge is 0.225 e. The molecule has 1 saturated heterocycles. The van der Waals surface area contributed by atoms with Crippen molar-refractivity contribution in [2.24, 2.45) is 5.92 Å². The fourth-order valence-electron chi connectivity index (χ4n) is 1.85. The van der Waals surface area contributed by atoms with Crippen LogP contribution in [0, 0.1) is 5.92 Å². The molecule has 0 N–H and O–H groups in total. The maximum atomic E-state index is 11.9. The first-order valence-corrected chi connectivity index (χ1v) is 5.60. The molecule has 0 saturated carbocycles. The lowest BCUT2D eigenvalue weighted by molar-refractivity contribution is -0.142. The topological polar surface area (TPSA) is 46.6 Å². The first-order valence-electron chi connectivity index (χ1n) is 5.60. The molecular weight excluding hydrogens is 206 g/mol. The van der Waals surface area contributed by atoms with Crippen molar-refractivity contribution in [3.05, 3.63) is 12.7 Å². The van der Waals surface area contributed by atoms with E-state index in [2.05, 4.69) is 6.58 Å². The van der Waals surface area contributed by atoms with Crippen molar-refractivity contribution in [3.8, 4) is 0 Å². The SMILES string of the molecule is C=CCCC(=O)N1C(C=O)OC[C@@H]1C(C)C. The molecular formula is C12H19NO3. The van der Waals surface area contributed by atoms with E-state index in [1.165, 1.54) is 0 Å². The highest BCUT2D eigenvalue weighted by atomic mass is 16.5. The van der Waals surface area contributed by atoms with Crippen molar-refractivity contribution >= 4 is 12.2 Å². The van der Waals surface area contributed by atoms with Crippen LogP contribution in [0.3, 0.4) is 0 Å². The average Bonchev–Trinajstić information content (AvgIpc) is 2.69. The molecule has 1 heterocycles. The largest absolute Gasteiger partial charge is 0.349 e. The molecule has 0 aromatic carbocycles. The second kappa shape index (κ2) is 5.80. The fourth-order valence-corrected chi connectivity index (χ4v) is 1.85. The third kappa shape index (κ3) is 2.70. The number of amides is 1. The molecule has 0 radical (unpaired) electrons. The summed E-state index contributed by atoms with van der Waals surface area (Å²) in [6.45, 7) is 8.07. The van der Waals surface area contributed by atoms with Gasteiger partial charge in [-0.2, -0.15) is 0 Å². The molecule has 0 aromatic heterocycles. The van der Waals surface area contributed by atoms with Gasteiger partial charge in [0.05, 0.1) is 12.6 Å². The lowest BCUT2D eigenvalue weighted by Crippen LogP contribution is -2.44. The van der Waals surface area contributed by atoms with Crippen LogP contribution >= 0.6 is 0 Å². The number of ether oxygens (including phenoxy) is 1. The summed E-state index contributed by atoms with van der Waals surface area (Å²) >= 11 is 0. The minimum absolute atomic E-state index is 0.00696. The highest BCUT2D eigenvalue weighted by molar-refractivity contribution is 5.80. The van der Waals surface area contributed by atoms with Crippen molar-refractivity contribution in [3.63, 3.8) is 0 Å². The van der Waals surface area contributed by atoms with E-state index in [4.69, 9.17) is 4.74 Å². The summed E-state index contributed by atoms with van der Waals surface area (Å²) in [6.07, 6.45) is 2.71. The Morgan fingerprint density at radius 3 is 2.81 bits per heavy atom. The van der Waals surface area contributed by atoms with E-state index in [0.29, 0.717) is 25.7 Å². The molecule has 1 unspecified atom stereocenters. The Morgan fingerprint density at radius 2 is 2.31 bits per heavy atom. The zero-order valence-corrected chi connectivity index (χ0v) is 9.89. The first-order chi connectivity index (χ1) is 7.61. The molecule has 1 aliphatic heterocycles. The highest BCUT2D eigenvalue weighted by Crippen LogP contribution is 2.23. The third-order valence-corrected chi connectivity index (χ3v) is 2.81. The molecule has 1 fully saturated rings. The predicted octanol–water partition coefficient (Wildman–Crippen LogP) is 1.36. The van der Waals surface area contributed by atoms with Gasteiger partial charge >= 0.3 is 0 Å². The van der Waals surface area contributed by atoms with Gasteiger partial charge in [-0.25, -0.2) is 0 Å². The van der Waals surface area contributed by atoms with Crippen LogP contribution in [0.4, 0.5) is 0 Å². The third-order valence-electron chi connectivity index (χ3n) is 2.81. The molecule has 1 rings (SSSR count). The van der Waals surface area contributed by atoms with E-state index >= 15 is 0 Å². The Hall–Kier alpha value is -1.16. The minimum atomic E-state index is -0.704. The van der Waals surface area contributed by atoms with E-state index in [1.54, 1.807) is 11.0 Å².